The summed E-state index contributed by atoms with van der Waals surface area (Å²) < 4.78 is 29.7. The second-order valence-electron chi connectivity index (χ2n) is 12.6. The maximum Gasteiger partial charge on any atom is 0.220 e. The average molecular weight is 680 g/mol. The maximum atomic E-state index is 13.1. The summed E-state index contributed by atoms with van der Waals surface area (Å²) in [5, 5.41) is 63.4. The van der Waals surface area contributed by atoms with Crippen LogP contribution in [-0.4, -0.2) is 98.7 Å². The zero-order chi connectivity index (χ0) is 34.9. The highest BCUT2D eigenvalue weighted by Gasteiger charge is 2.44. The summed E-state index contributed by atoms with van der Waals surface area (Å²) in [4.78, 5) is 12.7. The molecule has 0 saturated carbocycles. The summed E-state index contributed by atoms with van der Waals surface area (Å²) in [5.74, 6) is 0.703. The van der Waals surface area contributed by atoms with Crippen molar-refractivity contribution in [2.45, 2.75) is 133 Å². The Balaban J connectivity index is 1.28. The lowest BCUT2D eigenvalue weighted by atomic mass is 9.99. The van der Waals surface area contributed by atoms with Crippen LogP contribution in [-0.2, 0) is 20.7 Å². The first-order valence-corrected chi connectivity index (χ1v) is 17.2. The monoisotopic (exact) mass is 679 g/mol. The molecule has 11 nitrogen and oxygen atoms in total. The Bertz CT molecular complexity index is 1170. The van der Waals surface area contributed by atoms with E-state index >= 15 is 0 Å². The Morgan fingerprint density at radius 2 is 1.44 bits per heavy atom. The van der Waals surface area contributed by atoms with Crippen LogP contribution in [0.2, 0.25) is 0 Å². The Morgan fingerprint density at radius 1 is 0.854 bits per heavy atom. The number of nitrogens with one attached hydrogen (secondary N) is 1. The molecule has 1 amide bonds. The first kappa shape index (κ1) is 39.8. The van der Waals surface area contributed by atoms with E-state index in [1.807, 2.05) is 19.1 Å². The van der Waals surface area contributed by atoms with Crippen LogP contribution in [0.15, 0.2) is 48.5 Å². The van der Waals surface area contributed by atoms with Crippen LogP contribution in [0.25, 0.3) is 0 Å². The number of carbonyl (C=O) groups excluding carboxylic acids is 1. The number of hydrogen-bond donors (Lipinski definition) is 7. The largest absolute Gasteiger partial charge is 0.457 e. The minimum Gasteiger partial charge on any atom is -0.457 e. The highest BCUT2D eigenvalue weighted by atomic mass is 19.1. The van der Waals surface area contributed by atoms with Gasteiger partial charge < -0.3 is 50.2 Å². The van der Waals surface area contributed by atoms with Crippen molar-refractivity contribution in [2.24, 2.45) is 0 Å². The predicted octanol–water partition coefficient (Wildman–Crippen LogP) is 3.49. The number of halogens is 1. The number of aliphatic hydroxyl groups is 6. The molecule has 2 aromatic carbocycles. The van der Waals surface area contributed by atoms with Gasteiger partial charge in [-0.3, -0.25) is 4.79 Å². The second-order valence-corrected chi connectivity index (χ2v) is 12.6. The van der Waals surface area contributed by atoms with Crippen molar-refractivity contribution < 1.29 is 54.0 Å². The van der Waals surface area contributed by atoms with E-state index in [9.17, 15) is 39.8 Å². The molecule has 48 heavy (non-hydrogen) atoms. The van der Waals surface area contributed by atoms with E-state index in [1.54, 1.807) is 12.1 Å². The van der Waals surface area contributed by atoms with E-state index in [-0.39, 0.29) is 24.8 Å². The molecule has 0 bridgehead atoms. The topological polar surface area (TPSA) is 178 Å². The van der Waals surface area contributed by atoms with Crippen molar-refractivity contribution in [3.05, 3.63) is 59.9 Å². The van der Waals surface area contributed by atoms with Crippen molar-refractivity contribution in [3.8, 4) is 11.5 Å². The Labute approximate surface area is 282 Å². The summed E-state index contributed by atoms with van der Waals surface area (Å²) >= 11 is 0. The van der Waals surface area contributed by atoms with Gasteiger partial charge in [0.2, 0.25) is 5.91 Å². The van der Waals surface area contributed by atoms with Gasteiger partial charge in [-0.1, -0.05) is 64.0 Å². The number of amides is 1. The maximum absolute atomic E-state index is 13.1. The van der Waals surface area contributed by atoms with Crippen molar-refractivity contribution in [2.75, 3.05) is 13.2 Å². The first-order valence-electron chi connectivity index (χ1n) is 17.2. The van der Waals surface area contributed by atoms with Gasteiger partial charge in [-0.05, 0) is 67.6 Å². The van der Waals surface area contributed by atoms with Crippen LogP contribution in [0.1, 0.15) is 83.1 Å². The molecule has 1 saturated heterocycles. The van der Waals surface area contributed by atoms with Crippen molar-refractivity contribution in [1.29, 1.82) is 0 Å². The number of ether oxygens (including phenoxy) is 3. The normalized spacial score (nSPS) is 23.0. The number of hydrogen-bond acceptors (Lipinski definition) is 10. The van der Waals surface area contributed by atoms with E-state index in [0.29, 0.717) is 30.8 Å². The highest BCUT2D eigenvalue weighted by Crippen LogP contribution is 2.24. The van der Waals surface area contributed by atoms with Crippen LogP contribution < -0.4 is 10.1 Å². The lowest BCUT2D eigenvalue weighted by molar-refractivity contribution is -0.303. The quantitative estimate of drug-likeness (QED) is 0.0912. The molecule has 12 heteroatoms. The van der Waals surface area contributed by atoms with E-state index < -0.39 is 55.6 Å². The minimum atomic E-state index is -1.62. The van der Waals surface area contributed by atoms with E-state index in [4.69, 9.17) is 14.2 Å². The molecule has 7 N–H and O–H groups in total. The molecule has 270 valence electrons. The molecule has 0 aliphatic carbocycles. The minimum absolute atomic E-state index is 0.237. The summed E-state index contributed by atoms with van der Waals surface area (Å²) in [6.45, 7) is 0.897. The van der Waals surface area contributed by atoms with Crippen LogP contribution in [0, 0.1) is 5.82 Å². The lowest BCUT2D eigenvalue weighted by Gasteiger charge is -2.40. The molecule has 0 aromatic heterocycles. The number of carbonyl (C=O) groups is 1. The summed E-state index contributed by atoms with van der Waals surface area (Å²) in [6.07, 6.45) is 0.443. The molecule has 1 fully saturated rings. The molecule has 1 aliphatic heterocycles. The third-order valence-corrected chi connectivity index (χ3v) is 8.62. The van der Waals surface area contributed by atoms with Crippen LogP contribution in [0.4, 0.5) is 4.39 Å². The van der Waals surface area contributed by atoms with Crippen molar-refractivity contribution in [3.63, 3.8) is 0 Å². The zero-order valence-electron chi connectivity index (χ0n) is 27.8. The van der Waals surface area contributed by atoms with Crippen molar-refractivity contribution in [1.82, 2.24) is 5.32 Å². The third-order valence-electron chi connectivity index (χ3n) is 8.62. The van der Waals surface area contributed by atoms with Gasteiger partial charge in [0, 0.05) is 6.42 Å². The Hall–Kier alpha value is -2.68. The van der Waals surface area contributed by atoms with Gasteiger partial charge in [-0.25, -0.2) is 4.39 Å². The molecule has 8 atom stereocenters. The lowest BCUT2D eigenvalue weighted by Crippen LogP contribution is -2.60. The van der Waals surface area contributed by atoms with Gasteiger partial charge in [0.15, 0.2) is 6.29 Å². The van der Waals surface area contributed by atoms with Gasteiger partial charge in [-0.2, -0.15) is 0 Å². The highest BCUT2D eigenvalue weighted by molar-refractivity contribution is 5.76. The zero-order valence-corrected chi connectivity index (χ0v) is 27.8. The molecule has 2 aromatic rings. The second kappa shape index (κ2) is 21.4. The molecule has 2 unspecified atom stereocenters. The molecular formula is C36H54FNO10. The van der Waals surface area contributed by atoms with Gasteiger partial charge in [0.05, 0.1) is 25.4 Å². The summed E-state index contributed by atoms with van der Waals surface area (Å²) in [5.41, 5.74) is 1.25. The molecule has 0 spiro atoms. The first-order chi connectivity index (χ1) is 23.1. The Kier molecular flexibility index (Phi) is 17.7. The number of unbranched alkanes of at least 4 members (excludes halogenated alkanes) is 7. The fourth-order valence-electron chi connectivity index (χ4n) is 5.68. The van der Waals surface area contributed by atoms with Gasteiger partial charge in [0.25, 0.3) is 0 Å². The standard InChI is InChI=1S/C36H54FNO10/c1-2-11-29(40)32(42)28(23-46-36-35(45)34(44)33(43)30(22-39)48-36)38-31(41)13-10-8-6-4-3-5-7-9-12-24-14-18-26(19-15-24)47-27-20-16-25(37)17-21-27/h14-21,28-30,32-36,39-40,42-45H,2-13,22-23H2,1H3,(H,38,41)/t28-,29+,30?,32-,33-,34?,35-,36-/m0/s1. The fraction of sp³-hybridized carbons (Fsp3) is 0.639. The number of rotatable bonds is 22. The van der Waals surface area contributed by atoms with E-state index in [2.05, 4.69) is 17.4 Å². The Morgan fingerprint density at radius 3 is 2.04 bits per heavy atom. The summed E-state index contributed by atoms with van der Waals surface area (Å²) in [7, 11) is 0. The molecule has 3 rings (SSSR count). The third kappa shape index (κ3) is 13.3. The van der Waals surface area contributed by atoms with Gasteiger partial charge >= 0.3 is 0 Å². The molecule has 1 aliphatic rings. The fourth-order valence-corrected chi connectivity index (χ4v) is 5.68. The molecule has 0 radical (unpaired) electrons. The number of aliphatic hydroxyl groups excluding tert-OH is 6. The van der Waals surface area contributed by atoms with E-state index in [0.717, 1.165) is 51.4 Å². The SMILES string of the molecule is CCC[C@@H](O)[C@@H](O)[C@H](CO[C@H]1OC(CO)[C@H](O)C(O)[C@@H]1O)NC(=O)CCCCCCCCCCc1ccc(Oc2ccc(F)cc2)cc1. The predicted molar refractivity (Wildman–Crippen MR) is 177 cm³/mol. The average Bonchev–Trinajstić information content (AvgIpc) is 3.08. The van der Waals surface area contributed by atoms with Crippen LogP contribution in [0.5, 0.6) is 11.5 Å². The smallest absolute Gasteiger partial charge is 0.220 e. The summed E-state index contributed by atoms with van der Waals surface area (Å²) in [6, 6.07) is 12.9. The number of aryl methyl sites for hydroxylation is 1. The van der Waals surface area contributed by atoms with Crippen LogP contribution >= 0.6 is 0 Å². The van der Waals surface area contributed by atoms with Crippen LogP contribution in [0.3, 0.4) is 0 Å². The van der Waals surface area contributed by atoms with Crippen molar-refractivity contribution >= 4 is 5.91 Å². The van der Waals surface area contributed by atoms with Gasteiger partial charge in [0.1, 0.15) is 47.8 Å². The van der Waals surface area contributed by atoms with Gasteiger partial charge in [-0.15, -0.1) is 0 Å². The van der Waals surface area contributed by atoms with E-state index in [1.165, 1.54) is 17.7 Å². The number of benzene rings is 2. The molecule has 1 heterocycles. The molecular weight excluding hydrogens is 625 g/mol.